The summed E-state index contributed by atoms with van der Waals surface area (Å²) in [6.45, 7) is 2.54. The number of hydrogen-bond donors (Lipinski definition) is 2. The summed E-state index contributed by atoms with van der Waals surface area (Å²) in [4.78, 5) is 25.7. The van der Waals surface area contributed by atoms with Crippen LogP contribution in [0.2, 0.25) is 0 Å². The number of sulfonamides is 1. The van der Waals surface area contributed by atoms with E-state index in [0.717, 1.165) is 11.3 Å². The van der Waals surface area contributed by atoms with Gasteiger partial charge in [0.05, 0.1) is 33.4 Å². The average molecular weight is 515 g/mol. The van der Waals surface area contributed by atoms with E-state index >= 15 is 0 Å². The Morgan fingerprint density at radius 3 is 2.60 bits per heavy atom. The largest absolute Gasteiger partial charge is 0.393 e. The van der Waals surface area contributed by atoms with E-state index in [0.29, 0.717) is 53.9 Å². The third-order valence-corrected chi connectivity index (χ3v) is 9.22. The number of aliphatic hydroxyl groups excluding tert-OH is 1. The first-order chi connectivity index (χ1) is 16.6. The van der Waals surface area contributed by atoms with Crippen molar-refractivity contribution in [3.05, 3.63) is 47.0 Å². The van der Waals surface area contributed by atoms with E-state index in [2.05, 4.69) is 15.3 Å². The predicted octanol–water partition coefficient (Wildman–Crippen LogP) is 3.09. The van der Waals surface area contributed by atoms with Gasteiger partial charge in [0.2, 0.25) is 16.0 Å². The van der Waals surface area contributed by atoms with Crippen molar-refractivity contribution < 1.29 is 18.3 Å². The summed E-state index contributed by atoms with van der Waals surface area (Å²) in [5.41, 5.74) is 2.88. The summed E-state index contributed by atoms with van der Waals surface area (Å²) in [7, 11) is -0.0937. The Morgan fingerprint density at radius 2 is 1.86 bits per heavy atom. The Bertz CT molecular complexity index is 1400. The van der Waals surface area contributed by atoms with Crippen LogP contribution in [0.1, 0.15) is 28.8 Å². The number of nitrogens with one attached hydrogen (secondary N) is 1. The van der Waals surface area contributed by atoms with Crippen molar-refractivity contribution in [2.75, 3.05) is 42.3 Å². The topological polar surface area (TPSA) is 119 Å². The molecule has 2 aliphatic heterocycles. The SMILES string of the molecule is Cc1ccc2c(c1)C(=O)N(C)c1cnc(Nc3cc(S(=O)(=O)N4CCC(O)CC4)cs3)nc1N2C. The number of benzene rings is 1. The van der Waals surface area contributed by atoms with Crippen LogP contribution in [0.25, 0.3) is 0 Å². The van der Waals surface area contributed by atoms with Crippen molar-refractivity contribution in [1.29, 1.82) is 0 Å². The molecule has 3 aromatic rings. The molecule has 1 fully saturated rings. The number of aromatic nitrogens is 2. The summed E-state index contributed by atoms with van der Waals surface area (Å²) >= 11 is 1.24. The summed E-state index contributed by atoms with van der Waals surface area (Å²) in [6, 6.07) is 7.28. The number of rotatable bonds is 4. The van der Waals surface area contributed by atoms with E-state index in [4.69, 9.17) is 0 Å². The molecule has 1 aromatic carbocycles. The van der Waals surface area contributed by atoms with Gasteiger partial charge < -0.3 is 20.2 Å². The fraction of sp³-hybridized carbons (Fsp3) is 0.348. The van der Waals surface area contributed by atoms with E-state index < -0.39 is 16.1 Å². The van der Waals surface area contributed by atoms with Crippen molar-refractivity contribution in [3.8, 4) is 0 Å². The molecule has 0 unspecified atom stereocenters. The van der Waals surface area contributed by atoms with Gasteiger partial charge in [0.25, 0.3) is 5.91 Å². The molecule has 10 nitrogen and oxygen atoms in total. The molecule has 0 aliphatic carbocycles. The van der Waals surface area contributed by atoms with Crippen LogP contribution < -0.4 is 15.1 Å². The van der Waals surface area contributed by atoms with Gasteiger partial charge in [0.1, 0.15) is 5.69 Å². The zero-order chi connectivity index (χ0) is 24.9. The molecule has 12 heteroatoms. The molecule has 5 rings (SSSR count). The Hall–Kier alpha value is -3.06. The minimum absolute atomic E-state index is 0.142. The number of amides is 1. The number of aryl methyl sites for hydroxylation is 1. The Morgan fingerprint density at radius 1 is 1.11 bits per heavy atom. The number of carbonyl (C=O) groups excluding carboxylic acids is 1. The summed E-state index contributed by atoms with van der Waals surface area (Å²) in [5.74, 6) is 0.702. The van der Waals surface area contributed by atoms with E-state index in [1.54, 1.807) is 24.7 Å². The maximum atomic E-state index is 13.1. The molecular weight excluding hydrogens is 488 g/mol. The predicted molar refractivity (Wildman–Crippen MR) is 136 cm³/mol. The molecular formula is C23H26N6O4S2. The van der Waals surface area contributed by atoms with E-state index in [-0.39, 0.29) is 10.8 Å². The quantitative estimate of drug-likeness (QED) is 0.545. The van der Waals surface area contributed by atoms with Gasteiger partial charge in [0, 0.05) is 32.6 Å². The van der Waals surface area contributed by atoms with E-state index in [9.17, 15) is 18.3 Å². The van der Waals surface area contributed by atoms with Gasteiger partial charge in [-0.15, -0.1) is 11.3 Å². The maximum absolute atomic E-state index is 13.1. The van der Waals surface area contributed by atoms with Crippen LogP contribution in [0.4, 0.5) is 28.1 Å². The molecule has 184 valence electrons. The number of aliphatic hydroxyl groups is 1. The Kier molecular flexibility index (Phi) is 5.99. The van der Waals surface area contributed by atoms with Crippen molar-refractivity contribution in [2.45, 2.75) is 30.8 Å². The Balaban J connectivity index is 1.42. The number of hydrogen-bond acceptors (Lipinski definition) is 9. The van der Waals surface area contributed by atoms with Gasteiger partial charge in [-0.25, -0.2) is 13.4 Å². The molecule has 0 radical (unpaired) electrons. The van der Waals surface area contributed by atoms with E-state index in [1.165, 1.54) is 20.5 Å². The van der Waals surface area contributed by atoms with Gasteiger partial charge >= 0.3 is 0 Å². The Labute approximate surface area is 207 Å². The lowest BCUT2D eigenvalue weighted by molar-refractivity contribution is 0.0994. The third kappa shape index (κ3) is 4.27. The second-order valence-electron chi connectivity index (χ2n) is 8.75. The van der Waals surface area contributed by atoms with Crippen molar-refractivity contribution >= 4 is 55.4 Å². The monoisotopic (exact) mass is 514 g/mol. The molecule has 2 aromatic heterocycles. The first-order valence-electron chi connectivity index (χ1n) is 11.2. The highest BCUT2D eigenvalue weighted by atomic mass is 32.2. The minimum atomic E-state index is -3.64. The number of anilines is 5. The highest BCUT2D eigenvalue weighted by Gasteiger charge is 2.31. The van der Waals surface area contributed by atoms with Crippen LogP contribution in [-0.2, 0) is 10.0 Å². The molecule has 2 aliphatic rings. The summed E-state index contributed by atoms with van der Waals surface area (Å²) < 4.78 is 27.4. The number of carbonyl (C=O) groups is 1. The molecule has 1 amide bonds. The zero-order valence-corrected chi connectivity index (χ0v) is 21.2. The maximum Gasteiger partial charge on any atom is 0.260 e. The lowest BCUT2D eigenvalue weighted by Crippen LogP contribution is -2.39. The van der Waals surface area contributed by atoms with Gasteiger partial charge in [-0.3, -0.25) is 4.79 Å². The van der Waals surface area contributed by atoms with Crippen LogP contribution in [0.5, 0.6) is 0 Å². The molecule has 0 bridgehead atoms. The fourth-order valence-corrected chi connectivity index (χ4v) is 6.91. The number of nitrogens with zero attached hydrogens (tertiary/aromatic N) is 5. The number of thiophene rings is 1. The van der Waals surface area contributed by atoms with Crippen LogP contribution in [0.15, 0.2) is 40.7 Å². The van der Waals surface area contributed by atoms with Crippen molar-refractivity contribution in [3.63, 3.8) is 0 Å². The van der Waals surface area contributed by atoms with Crippen molar-refractivity contribution in [2.24, 2.45) is 0 Å². The molecule has 35 heavy (non-hydrogen) atoms. The zero-order valence-electron chi connectivity index (χ0n) is 19.6. The van der Waals surface area contributed by atoms with Crippen LogP contribution in [-0.4, -0.2) is 67.0 Å². The molecule has 0 spiro atoms. The van der Waals surface area contributed by atoms with Gasteiger partial charge in [-0.1, -0.05) is 11.6 Å². The summed E-state index contributed by atoms with van der Waals surface area (Å²) in [6.07, 6.45) is 2.01. The highest BCUT2D eigenvalue weighted by molar-refractivity contribution is 7.89. The smallest absolute Gasteiger partial charge is 0.260 e. The lowest BCUT2D eigenvalue weighted by atomic mass is 10.1. The second-order valence-corrected chi connectivity index (χ2v) is 11.6. The second kappa shape index (κ2) is 8.86. The molecule has 4 heterocycles. The molecule has 0 atom stereocenters. The minimum Gasteiger partial charge on any atom is -0.393 e. The number of fused-ring (bicyclic) bond motifs is 2. The third-order valence-electron chi connectivity index (χ3n) is 6.35. The molecule has 0 saturated carbocycles. The van der Waals surface area contributed by atoms with Crippen LogP contribution in [0.3, 0.4) is 0 Å². The van der Waals surface area contributed by atoms with Gasteiger partial charge in [-0.2, -0.15) is 9.29 Å². The average Bonchev–Trinajstić information content (AvgIpc) is 3.30. The normalized spacial score (nSPS) is 17.2. The van der Waals surface area contributed by atoms with Crippen LogP contribution in [0, 0.1) is 6.92 Å². The van der Waals surface area contributed by atoms with E-state index in [1.807, 2.05) is 37.1 Å². The standard InChI is InChI=1S/C23H26N6O4S2/c1-14-4-5-18-17(10-14)22(31)28(3)19-12-24-23(26-21(19)27(18)2)25-20-11-16(13-34-20)35(32,33)29-8-6-15(30)7-9-29/h4-5,10-13,15,30H,6-9H2,1-3H3,(H,24,25,26). The molecule has 1 saturated heterocycles. The van der Waals surface area contributed by atoms with Gasteiger partial charge in [-0.05, 0) is 38.0 Å². The van der Waals surface area contributed by atoms with Crippen LogP contribution >= 0.6 is 11.3 Å². The summed E-state index contributed by atoms with van der Waals surface area (Å²) in [5, 5.41) is 14.9. The first kappa shape index (κ1) is 23.7. The first-order valence-corrected chi connectivity index (χ1v) is 13.5. The fourth-order valence-electron chi connectivity index (χ4n) is 4.29. The van der Waals surface area contributed by atoms with Crippen molar-refractivity contribution in [1.82, 2.24) is 14.3 Å². The number of piperidine rings is 1. The lowest BCUT2D eigenvalue weighted by Gasteiger charge is -2.28. The highest BCUT2D eigenvalue weighted by Crippen LogP contribution is 2.39. The van der Waals surface area contributed by atoms with Gasteiger partial charge in [0.15, 0.2) is 5.82 Å². The molecule has 2 N–H and O–H groups in total.